The molecule has 1 aromatic heterocycles. The van der Waals surface area contributed by atoms with Gasteiger partial charge in [0.1, 0.15) is 5.78 Å². The van der Waals surface area contributed by atoms with E-state index in [1.165, 1.54) is 11.5 Å². The van der Waals surface area contributed by atoms with E-state index in [0.717, 1.165) is 0 Å². The lowest BCUT2D eigenvalue weighted by Gasteiger charge is -2.12. The first-order valence-corrected chi connectivity index (χ1v) is 7.24. The number of aromatic nitrogens is 2. The molecule has 1 heterocycles. The van der Waals surface area contributed by atoms with Crippen LogP contribution in [0.5, 0.6) is 0 Å². The summed E-state index contributed by atoms with van der Waals surface area (Å²) in [4.78, 5) is 38.2. The number of hydrogen-bond donors (Lipinski definition) is 2. The maximum atomic E-state index is 12.2. The van der Waals surface area contributed by atoms with Gasteiger partial charge in [0.25, 0.3) is 11.5 Å². The zero-order valence-corrected chi connectivity index (χ0v) is 13.4. The number of ketones is 1. The van der Waals surface area contributed by atoms with Crippen molar-refractivity contribution in [3.63, 3.8) is 0 Å². The summed E-state index contributed by atoms with van der Waals surface area (Å²) in [5.41, 5.74) is 0.706. The predicted molar refractivity (Wildman–Crippen MR) is 86.6 cm³/mol. The summed E-state index contributed by atoms with van der Waals surface area (Å²) in [6.07, 6.45) is 0.280. The number of aromatic amines is 1. The Balaban J connectivity index is 2.36. The molecule has 0 aliphatic carbocycles. The first-order valence-electron chi connectivity index (χ1n) is 6.83. The van der Waals surface area contributed by atoms with Crippen molar-refractivity contribution in [3.05, 3.63) is 38.9 Å². The van der Waals surface area contributed by atoms with Crippen LogP contribution in [0.25, 0.3) is 10.9 Å². The number of carbonyl (C=O) groups excluding carboxylic acids is 2. The smallest absolute Gasteiger partial charge is 0.261 e. The largest absolute Gasteiger partial charge is 0.349 e. The summed E-state index contributed by atoms with van der Waals surface area (Å²) in [6, 6.07) is 4.51. The first-order chi connectivity index (χ1) is 10.3. The van der Waals surface area contributed by atoms with Gasteiger partial charge in [-0.15, -0.1) is 0 Å². The minimum atomic E-state index is -0.296. The minimum absolute atomic E-state index is 0.0129. The van der Waals surface area contributed by atoms with Crippen LogP contribution in [0.4, 0.5) is 0 Å². The Morgan fingerprint density at radius 3 is 2.73 bits per heavy atom. The Hall–Kier alpha value is -2.28. The van der Waals surface area contributed by atoms with Crippen molar-refractivity contribution in [2.45, 2.75) is 26.3 Å². The molecule has 6 nitrogen and oxygen atoms in total. The van der Waals surface area contributed by atoms with E-state index >= 15 is 0 Å². The van der Waals surface area contributed by atoms with Crippen molar-refractivity contribution < 1.29 is 9.59 Å². The number of benzene rings is 1. The van der Waals surface area contributed by atoms with Gasteiger partial charge in [0.2, 0.25) is 0 Å². The number of nitrogens with one attached hydrogen (secondary N) is 2. The number of hydrogen-bond acceptors (Lipinski definition) is 4. The molecule has 116 valence electrons. The third-order valence-electron chi connectivity index (χ3n) is 3.33. The normalized spacial score (nSPS) is 12.1. The third-order valence-corrected chi connectivity index (χ3v) is 3.71. The third kappa shape index (κ3) is 3.30. The van der Waals surface area contributed by atoms with Gasteiger partial charge in [0, 0.05) is 25.1 Å². The van der Waals surface area contributed by atoms with Crippen LogP contribution >= 0.6 is 12.2 Å². The Bertz CT molecular complexity index is 866. The number of nitrogens with zero attached hydrogens (tertiary/aromatic N) is 1. The fourth-order valence-corrected chi connectivity index (χ4v) is 2.43. The number of H-pyrrole nitrogens is 1. The first kappa shape index (κ1) is 16.1. The van der Waals surface area contributed by atoms with Crippen molar-refractivity contribution in [2.75, 3.05) is 0 Å². The molecule has 22 heavy (non-hydrogen) atoms. The monoisotopic (exact) mass is 319 g/mol. The number of amides is 1. The van der Waals surface area contributed by atoms with Crippen LogP contribution in [0.15, 0.2) is 23.0 Å². The van der Waals surface area contributed by atoms with E-state index in [1.54, 1.807) is 32.2 Å². The lowest BCUT2D eigenvalue weighted by molar-refractivity contribution is -0.117. The molecule has 2 N–H and O–H groups in total. The summed E-state index contributed by atoms with van der Waals surface area (Å²) >= 11 is 5.06. The van der Waals surface area contributed by atoms with Crippen LogP contribution in [-0.4, -0.2) is 27.3 Å². The lowest BCUT2D eigenvalue weighted by atomic mass is 10.1. The molecule has 1 amide bonds. The Labute approximate surface area is 132 Å². The molecule has 0 spiro atoms. The van der Waals surface area contributed by atoms with Crippen molar-refractivity contribution in [1.82, 2.24) is 14.9 Å². The molecule has 7 heteroatoms. The highest BCUT2D eigenvalue weighted by Gasteiger charge is 2.13. The zero-order valence-electron chi connectivity index (χ0n) is 12.6. The van der Waals surface area contributed by atoms with Crippen LogP contribution in [0.2, 0.25) is 0 Å². The highest BCUT2D eigenvalue weighted by atomic mass is 32.1. The van der Waals surface area contributed by atoms with Gasteiger partial charge in [-0.2, -0.15) is 0 Å². The van der Waals surface area contributed by atoms with Gasteiger partial charge in [-0.1, -0.05) is 0 Å². The molecular formula is C15H17N3O3S. The summed E-state index contributed by atoms with van der Waals surface area (Å²) in [7, 11) is 1.59. The van der Waals surface area contributed by atoms with E-state index in [9.17, 15) is 14.4 Å². The summed E-state index contributed by atoms with van der Waals surface area (Å²) in [5.74, 6) is -0.283. The molecule has 0 saturated heterocycles. The molecule has 0 radical (unpaired) electrons. The average molecular weight is 319 g/mol. The quantitative estimate of drug-likeness (QED) is 0.840. The van der Waals surface area contributed by atoms with Crippen LogP contribution in [0, 0.1) is 4.77 Å². The number of rotatable bonds is 4. The van der Waals surface area contributed by atoms with Crippen molar-refractivity contribution in [2.24, 2.45) is 7.05 Å². The zero-order chi connectivity index (χ0) is 16.4. The summed E-state index contributed by atoms with van der Waals surface area (Å²) in [5, 5.41) is 3.21. The molecule has 2 rings (SSSR count). The van der Waals surface area contributed by atoms with Gasteiger partial charge >= 0.3 is 0 Å². The second-order valence-electron chi connectivity index (χ2n) is 5.34. The van der Waals surface area contributed by atoms with Crippen LogP contribution in [0.3, 0.4) is 0 Å². The Kier molecular flexibility index (Phi) is 4.56. The van der Waals surface area contributed by atoms with Gasteiger partial charge in [-0.25, -0.2) is 0 Å². The topological polar surface area (TPSA) is 84.0 Å². The Morgan fingerprint density at radius 1 is 1.41 bits per heavy atom. The molecule has 0 bridgehead atoms. The highest BCUT2D eigenvalue weighted by molar-refractivity contribution is 7.71. The van der Waals surface area contributed by atoms with Gasteiger partial charge in [0.15, 0.2) is 4.77 Å². The van der Waals surface area contributed by atoms with Gasteiger partial charge in [-0.05, 0) is 44.3 Å². The standard InChI is InChI=1S/C15H17N3O3S/c1-8(6-9(2)19)16-13(20)10-4-5-11-12(7-10)17-15(22)18(3)14(11)21/h4-5,7-8H,6H2,1-3H3,(H,16,20)(H,17,22). The van der Waals surface area contributed by atoms with E-state index in [4.69, 9.17) is 12.2 Å². The number of Topliss-reactive ketones (excluding diaryl/α,β-unsaturated/α-hetero) is 1. The average Bonchev–Trinajstić information content (AvgIpc) is 2.43. The van der Waals surface area contributed by atoms with Crippen molar-refractivity contribution >= 4 is 34.8 Å². The van der Waals surface area contributed by atoms with Gasteiger partial charge in [0.05, 0.1) is 10.9 Å². The summed E-state index contributed by atoms with van der Waals surface area (Å²) in [6.45, 7) is 3.25. The molecule has 0 aliphatic heterocycles. The fraction of sp³-hybridized carbons (Fsp3) is 0.333. The molecule has 1 aromatic carbocycles. The van der Waals surface area contributed by atoms with E-state index in [-0.39, 0.29) is 29.7 Å². The van der Waals surface area contributed by atoms with Crippen LogP contribution in [0.1, 0.15) is 30.6 Å². The molecule has 0 aliphatic rings. The fourth-order valence-electron chi connectivity index (χ4n) is 2.24. The van der Waals surface area contributed by atoms with Gasteiger partial charge < -0.3 is 10.3 Å². The highest BCUT2D eigenvalue weighted by Crippen LogP contribution is 2.11. The number of carbonyl (C=O) groups is 2. The van der Waals surface area contributed by atoms with Crippen LogP contribution < -0.4 is 10.9 Å². The minimum Gasteiger partial charge on any atom is -0.349 e. The molecule has 0 saturated carbocycles. The molecule has 1 atom stereocenters. The molecular weight excluding hydrogens is 302 g/mol. The van der Waals surface area contributed by atoms with E-state index < -0.39 is 0 Å². The molecule has 1 unspecified atom stereocenters. The second kappa shape index (κ2) is 6.23. The predicted octanol–water partition coefficient (Wildman–Crippen LogP) is 1.69. The van der Waals surface area contributed by atoms with E-state index in [1.807, 2.05) is 0 Å². The second-order valence-corrected chi connectivity index (χ2v) is 5.72. The van der Waals surface area contributed by atoms with Gasteiger partial charge in [-0.3, -0.25) is 19.0 Å². The SMILES string of the molecule is CC(=O)CC(C)NC(=O)c1ccc2c(=O)n(C)c(=S)[nH]c2c1. The van der Waals surface area contributed by atoms with E-state index in [2.05, 4.69) is 10.3 Å². The molecule has 2 aromatic rings. The maximum absolute atomic E-state index is 12.2. The van der Waals surface area contributed by atoms with Crippen molar-refractivity contribution in [3.8, 4) is 0 Å². The number of fused-ring (bicyclic) bond motifs is 1. The van der Waals surface area contributed by atoms with Crippen LogP contribution in [-0.2, 0) is 11.8 Å². The lowest BCUT2D eigenvalue weighted by Crippen LogP contribution is -2.33. The molecule has 0 fully saturated rings. The maximum Gasteiger partial charge on any atom is 0.261 e. The van der Waals surface area contributed by atoms with E-state index in [0.29, 0.717) is 21.2 Å². The summed E-state index contributed by atoms with van der Waals surface area (Å²) < 4.78 is 1.63. The van der Waals surface area contributed by atoms with Crippen molar-refractivity contribution in [1.29, 1.82) is 0 Å². The Morgan fingerprint density at radius 2 is 2.09 bits per heavy atom.